The van der Waals surface area contributed by atoms with Gasteiger partial charge < -0.3 is 31.2 Å². The Morgan fingerprint density at radius 1 is 0.842 bits per heavy atom. The van der Waals surface area contributed by atoms with Crippen LogP contribution in [0.1, 0.15) is 40.7 Å². The summed E-state index contributed by atoms with van der Waals surface area (Å²) < 4.78 is 10.5. The number of hydrogen-bond acceptors (Lipinski definition) is 6. The number of methoxy groups -OCH3 is 1. The van der Waals surface area contributed by atoms with E-state index in [-0.39, 0.29) is 5.91 Å². The summed E-state index contributed by atoms with van der Waals surface area (Å²) in [7, 11) is 1.34. The molecular formula is C29H34N4O5. The average Bonchev–Trinajstić information content (AvgIpc) is 2.93. The number of rotatable bonds is 12. The molecule has 0 saturated carbocycles. The first-order chi connectivity index (χ1) is 18.4. The minimum Gasteiger partial charge on any atom is -0.489 e. The van der Waals surface area contributed by atoms with E-state index in [9.17, 15) is 14.4 Å². The number of aryl methyl sites for hydroxylation is 1. The number of amides is 3. The van der Waals surface area contributed by atoms with Gasteiger partial charge in [0.1, 0.15) is 18.4 Å². The van der Waals surface area contributed by atoms with Crippen LogP contribution < -0.4 is 26.4 Å². The fraction of sp³-hybridized carbons (Fsp3) is 0.276. The van der Waals surface area contributed by atoms with Crippen LogP contribution in [0.4, 0.5) is 16.2 Å². The average molecular weight is 519 g/mol. The van der Waals surface area contributed by atoms with Crippen LogP contribution in [0.5, 0.6) is 5.75 Å². The highest BCUT2D eigenvalue weighted by Crippen LogP contribution is 2.18. The van der Waals surface area contributed by atoms with Crippen molar-refractivity contribution in [3.63, 3.8) is 0 Å². The van der Waals surface area contributed by atoms with Gasteiger partial charge in [0, 0.05) is 11.4 Å². The van der Waals surface area contributed by atoms with Crippen LogP contribution in [0, 0.1) is 6.92 Å². The van der Waals surface area contributed by atoms with Crippen molar-refractivity contribution in [1.82, 2.24) is 5.32 Å². The summed E-state index contributed by atoms with van der Waals surface area (Å²) in [6.07, 6.45) is 1.93. The fourth-order valence-electron chi connectivity index (χ4n) is 3.61. The van der Waals surface area contributed by atoms with Crippen molar-refractivity contribution >= 4 is 29.3 Å². The van der Waals surface area contributed by atoms with Crippen LogP contribution in [0.2, 0.25) is 0 Å². The zero-order valence-electron chi connectivity index (χ0n) is 21.7. The predicted molar refractivity (Wildman–Crippen MR) is 147 cm³/mol. The van der Waals surface area contributed by atoms with E-state index in [0.717, 1.165) is 17.5 Å². The lowest BCUT2D eigenvalue weighted by atomic mass is 10.1. The molecule has 0 aliphatic heterocycles. The molecule has 9 heteroatoms. The third-order valence-electron chi connectivity index (χ3n) is 5.78. The van der Waals surface area contributed by atoms with Gasteiger partial charge in [-0.1, -0.05) is 29.8 Å². The molecule has 0 unspecified atom stereocenters. The first kappa shape index (κ1) is 28.2. The van der Waals surface area contributed by atoms with Crippen LogP contribution in [0.25, 0.3) is 0 Å². The van der Waals surface area contributed by atoms with Gasteiger partial charge in [-0.05, 0) is 86.8 Å². The molecule has 0 heterocycles. The minimum atomic E-state index is -0.712. The van der Waals surface area contributed by atoms with Gasteiger partial charge in [-0.25, -0.2) is 9.59 Å². The summed E-state index contributed by atoms with van der Waals surface area (Å²) >= 11 is 0. The molecule has 3 amide bonds. The number of nitrogens with two attached hydrogens (primary N) is 1. The van der Waals surface area contributed by atoms with Crippen molar-refractivity contribution in [2.24, 2.45) is 5.73 Å². The summed E-state index contributed by atoms with van der Waals surface area (Å²) in [6.45, 7) is 2.80. The molecule has 0 saturated heterocycles. The molecule has 3 rings (SSSR count). The first-order valence-corrected chi connectivity index (χ1v) is 12.4. The molecular weight excluding hydrogens is 484 g/mol. The van der Waals surface area contributed by atoms with Gasteiger partial charge in [0.15, 0.2) is 0 Å². The van der Waals surface area contributed by atoms with Gasteiger partial charge in [0.2, 0.25) is 5.91 Å². The van der Waals surface area contributed by atoms with Crippen molar-refractivity contribution in [3.8, 4) is 5.75 Å². The number of anilines is 2. The Labute approximate surface area is 222 Å². The second-order valence-electron chi connectivity index (χ2n) is 8.79. The van der Waals surface area contributed by atoms with Crippen molar-refractivity contribution in [3.05, 3.63) is 89.5 Å². The molecule has 9 nitrogen and oxygen atoms in total. The van der Waals surface area contributed by atoms with E-state index in [2.05, 4.69) is 16.0 Å². The van der Waals surface area contributed by atoms with Crippen molar-refractivity contribution in [2.45, 2.75) is 38.8 Å². The number of carbonyl (C=O) groups is 3. The molecule has 0 aliphatic rings. The van der Waals surface area contributed by atoms with E-state index >= 15 is 0 Å². The summed E-state index contributed by atoms with van der Waals surface area (Å²) in [6, 6.07) is 20.1. The fourth-order valence-corrected chi connectivity index (χ4v) is 3.61. The lowest BCUT2D eigenvalue weighted by Crippen LogP contribution is -2.45. The van der Waals surface area contributed by atoms with Gasteiger partial charge in [0.25, 0.3) is 0 Å². The zero-order valence-corrected chi connectivity index (χ0v) is 21.7. The van der Waals surface area contributed by atoms with Crippen molar-refractivity contribution < 1.29 is 23.9 Å². The third-order valence-corrected chi connectivity index (χ3v) is 5.78. The first-order valence-electron chi connectivity index (χ1n) is 12.4. The third kappa shape index (κ3) is 8.94. The number of nitrogens with one attached hydrogen (secondary N) is 3. The van der Waals surface area contributed by atoms with E-state index in [1.807, 2.05) is 31.2 Å². The topological polar surface area (TPSA) is 132 Å². The molecule has 0 spiro atoms. The molecule has 0 bridgehead atoms. The van der Waals surface area contributed by atoms with Crippen molar-refractivity contribution in [1.29, 1.82) is 0 Å². The Bertz CT molecular complexity index is 1200. The van der Waals surface area contributed by atoms with E-state index in [1.165, 1.54) is 7.11 Å². The predicted octanol–water partition coefficient (Wildman–Crippen LogP) is 4.62. The van der Waals surface area contributed by atoms with Crippen LogP contribution in [-0.2, 0) is 16.1 Å². The van der Waals surface area contributed by atoms with Gasteiger partial charge in [-0.15, -0.1) is 0 Å². The zero-order chi connectivity index (χ0) is 27.3. The van der Waals surface area contributed by atoms with Gasteiger partial charge >= 0.3 is 12.0 Å². The van der Waals surface area contributed by atoms with Crippen molar-refractivity contribution in [2.75, 3.05) is 24.3 Å². The SMILES string of the molecule is COC(=O)c1ccc(COc2ccc(NC(=O)N[C@@H](CCCCN)C(=O)Nc3ccc(C)cc3)cc2)cc1. The Morgan fingerprint density at radius 2 is 1.47 bits per heavy atom. The number of benzene rings is 3. The molecule has 200 valence electrons. The number of carbonyl (C=O) groups excluding carboxylic acids is 3. The molecule has 0 fully saturated rings. The monoisotopic (exact) mass is 518 g/mol. The number of unbranched alkanes of at least 4 members (excludes halogenated alkanes) is 1. The normalized spacial score (nSPS) is 11.2. The number of esters is 1. The second kappa shape index (κ2) is 14.4. The van der Waals surface area contributed by atoms with Crippen LogP contribution in [0.15, 0.2) is 72.8 Å². The van der Waals surface area contributed by atoms with Crippen LogP contribution in [0.3, 0.4) is 0 Å². The number of urea groups is 1. The highest BCUT2D eigenvalue weighted by molar-refractivity contribution is 5.99. The Kier molecular flexibility index (Phi) is 10.7. The highest BCUT2D eigenvalue weighted by Gasteiger charge is 2.20. The lowest BCUT2D eigenvalue weighted by Gasteiger charge is -2.19. The largest absolute Gasteiger partial charge is 0.489 e. The van der Waals surface area contributed by atoms with Gasteiger partial charge in [-0.3, -0.25) is 4.79 Å². The lowest BCUT2D eigenvalue weighted by molar-refractivity contribution is -0.118. The Hall–Kier alpha value is -4.37. The highest BCUT2D eigenvalue weighted by atomic mass is 16.5. The van der Waals surface area contributed by atoms with Crippen LogP contribution in [-0.4, -0.2) is 37.6 Å². The Balaban J connectivity index is 1.52. The molecule has 3 aromatic rings. The molecule has 1 atom stereocenters. The van der Waals surface area contributed by atoms with E-state index in [4.69, 9.17) is 15.2 Å². The Morgan fingerprint density at radius 3 is 2.11 bits per heavy atom. The smallest absolute Gasteiger partial charge is 0.337 e. The standard InChI is InChI=1S/C29H34N4O5/c1-20-6-12-23(13-7-20)31-27(34)26(5-3-4-18-30)33-29(36)32-24-14-16-25(17-15-24)38-19-21-8-10-22(11-9-21)28(35)37-2/h6-17,26H,3-5,18-19,30H2,1-2H3,(H,31,34)(H2,32,33,36)/t26-/m0/s1. The van der Waals surface area contributed by atoms with E-state index < -0.39 is 18.0 Å². The number of hydrogen-bond donors (Lipinski definition) is 4. The molecule has 5 N–H and O–H groups in total. The summed E-state index contributed by atoms with van der Waals surface area (Å²) in [4.78, 5) is 37.1. The molecule has 38 heavy (non-hydrogen) atoms. The molecule has 3 aromatic carbocycles. The summed E-state index contributed by atoms with van der Waals surface area (Å²) in [5, 5.41) is 8.38. The van der Waals surface area contributed by atoms with E-state index in [0.29, 0.717) is 48.7 Å². The molecule has 0 radical (unpaired) electrons. The number of ether oxygens (including phenoxy) is 2. The molecule has 0 aromatic heterocycles. The van der Waals surface area contributed by atoms with E-state index in [1.54, 1.807) is 48.5 Å². The quantitative estimate of drug-likeness (QED) is 0.204. The maximum absolute atomic E-state index is 12.9. The second-order valence-corrected chi connectivity index (χ2v) is 8.79. The summed E-state index contributed by atoms with van der Waals surface area (Å²) in [5.74, 6) is -0.0621. The summed E-state index contributed by atoms with van der Waals surface area (Å²) in [5.41, 5.74) is 9.27. The van der Waals surface area contributed by atoms with Gasteiger partial charge in [-0.2, -0.15) is 0 Å². The minimum absolute atomic E-state index is 0.288. The van der Waals surface area contributed by atoms with Crippen LogP contribution >= 0.6 is 0 Å². The maximum atomic E-state index is 12.9. The molecule has 0 aliphatic carbocycles. The maximum Gasteiger partial charge on any atom is 0.337 e. The van der Waals surface area contributed by atoms with Gasteiger partial charge in [0.05, 0.1) is 12.7 Å².